The van der Waals surface area contributed by atoms with Crippen LogP contribution in [0.5, 0.6) is 5.75 Å². The van der Waals surface area contributed by atoms with Gasteiger partial charge in [0.1, 0.15) is 0 Å². The number of halogens is 2. The molecule has 0 fully saturated rings. The molecule has 0 saturated heterocycles. The number of phenols is 1. The van der Waals surface area contributed by atoms with Crippen LogP contribution in [0.15, 0.2) is 12.1 Å². The van der Waals surface area contributed by atoms with E-state index in [1.54, 1.807) is 19.9 Å². The Morgan fingerprint density at radius 3 is 2.46 bits per heavy atom. The second-order valence-electron chi connectivity index (χ2n) is 2.97. The van der Waals surface area contributed by atoms with Crippen LogP contribution < -0.4 is 5.73 Å². The summed E-state index contributed by atoms with van der Waals surface area (Å²) < 4.78 is 12.9. The molecule has 0 spiro atoms. The van der Waals surface area contributed by atoms with Gasteiger partial charge in [-0.25, -0.2) is 4.39 Å². The molecule has 0 aliphatic rings. The van der Waals surface area contributed by atoms with E-state index >= 15 is 0 Å². The molecule has 2 nitrogen and oxygen atoms in total. The number of phenolic OH excluding ortho intramolecular Hbond substituents is 1. The summed E-state index contributed by atoms with van der Waals surface area (Å²) in [6.07, 6.45) is 0. The van der Waals surface area contributed by atoms with Crippen molar-refractivity contribution in [2.45, 2.75) is 19.9 Å². The maximum absolute atomic E-state index is 12.9. The lowest BCUT2D eigenvalue weighted by atomic mass is 10.0. The van der Waals surface area contributed by atoms with Crippen molar-refractivity contribution in [1.29, 1.82) is 0 Å². The SMILES string of the molecule is Cc1cc(F)c(O)c([C@@H](C)N)c1.Cl. The Hall–Kier alpha value is -0.800. The summed E-state index contributed by atoms with van der Waals surface area (Å²) in [5, 5.41) is 9.24. The Kier molecular flexibility index (Phi) is 4.17. The van der Waals surface area contributed by atoms with Crippen LogP contribution in [-0.4, -0.2) is 5.11 Å². The molecule has 1 rings (SSSR count). The molecule has 0 radical (unpaired) electrons. The van der Waals surface area contributed by atoms with Crippen molar-refractivity contribution in [3.63, 3.8) is 0 Å². The first-order valence-electron chi connectivity index (χ1n) is 3.77. The van der Waals surface area contributed by atoms with Gasteiger partial charge in [0, 0.05) is 11.6 Å². The molecule has 0 bridgehead atoms. The fourth-order valence-corrected chi connectivity index (χ4v) is 1.11. The highest BCUT2D eigenvalue weighted by molar-refractivity contribution is 5.85. The minimum atomic E-state index is -0.609. The number of nitrogens with two attached hydrogens (primary N) is 1. The van der Waals surface area contributed by atoms with E-state index in [1.165, 1.54) is 6.07 Å². The van der Waals surface area contributed by atoms with Gasteiger partial charge in [0.15, 0.2) is 11.6 Å². The molecule has 1 atom stereocenters. The van der Waals surface area contributed by atoms with E-state index in [4.69, 9.17) is 5.73 Å². The zero-order chi connectivity index (χ0) is 9.30. The van der Waals surface area contributed by atoms with E-state index in [2.05, 4.69) is 0 Å². The molecule has 4 heteroatoms. The topological polar surface area (TPSA) is 46.2 Å². The first kappa shape index (κ1) is 12.2. The van der Waals surface area contributed by atoms with Crippen molar-refractivity contribution in [3.05, 3.63) is 29.1 Å². The smallest absolute Gasteiger partial charge is 0.165 e. The Balaban J connectivity index is 0.00000144. The molecule has 0 unspecified atom stereocenters. The third kappa shape index (κ3) is 2.57. The lowest BCUT2D eigenvalue weighted by molar-refractivity contribution is 0.422. The minimum Gasteiger partial charge on any atom is -0.505 e. The predicted octanol–water partition coefficient (Wildman–Crippen LogP) is 2.28. The third-order valence-corrected chi connectivity index (χ3v) is 1.73. The van der Waals surface area contributed by atoms with E-state index in [9.17, 15) is 9.50 Å². The molecular formula is C9H13ClFNO. The number of rotatable bonds is 1. The van der Waals surface area contributed by atoms with Crippen molar-refractivity contribution >= 4 is 12.4 Å². The summed E-state index contributed by atoms with van der Waals surface area (Å²) in [6.45, 7) is 3.46. The molecule has 13 heavy (non-hydrogen) atoms. The van der Waals surface area contributed by atoms with Gasteiger partial charge in [-0.3, -0.25) is 0 Å². The van der Waals surface area contributed by atoms with E-state index in [0.29, 0.717) is 5.56 Å². The molecule has 0 amide bonds. The molecule has 0 aliphatic carbocycles. The normalized spacial score (nSPS) is 12.0. The van der Waals surface area contributed by atoms with Crippen molar-refractivity contribution in [2.75, 3.05) is 0 Å². The zero-order valence-corrected chi connectivity index (χ0v) is 8.36. The quantitative estimate of drug-likeness (QED) is 0.739. The fourth-order valence-electron chi connectivity index (χ4n) is 1.11. The van der Waals surface area contributed by atoms with Gasteiger partial charge < -0.3 is 10.8 Å². The maximum atomic E-state index is 12.9. The number of hydrogen-bond acceptors (Lipinski definition) is 2. The van der Waals surface area contributed by atoms with Crippen molar-refractivity contribution in [3.8, 4) is 5.75 Å². The number of benzene rings is 1. The third-order valence-electron chi connectivity index (χ3n) is 1.73. The lowest BCUT2D eigenvalue weighted by Gasteiger charge is -2.09. The molecule has 0 heterocycles. The largest absolute Gasteiger partial charge is 0.505 e. The predicted molar refractivity (Wildman–Crippen MR) is 52.7 cm³/mol. The summed E-state index contributed by atoms with van der Waals surface area (Å²) in [7, 11) is 0. The highest BCUT2D eigenvalue weighted by Crippen LogP contribution is 2.26. The van der Waals surface area contributed by atoms with E-state index in [1.807, 2.05) is 0 Å². The van der Waals surface area contributed by atoms with Gasteiger partial charge in [0.2, 0.25) is 0 Å². The van der Waals surface area contributed by atoms with Gasteiger partial charge in [-0.1, -0.05) is 6.07 Å². The molecule has 1 aromatic carbocycles. The van der Waals surface area contributed by atoms with Crippen LogP contribution >= 0.6 is 12.4 Å². The molecule has 0 aliphatic heterocycles. The molecule has 1 aromatic rings. The standard InChI is InChI=1S/C9H12FNO.ClH/c1-5-3-7(6(2)11)9(12)8(10)4-5;/h3-4,6,12H,11H2,1-2H3;1H/t6-;/m1./s1. The Morgan fingerprint density at radius 1 is 1.46 bits per heavy atom. The Labute approximate surface area is 83.0 Å². The van der Waals surface area contributed by atoms with Crippen molar-refractivity contribution < 1.29 is 9.50 Å². The van der Waals surface area contributed by atoms with Gasteiger partial charge in [-0.2, -0.15) is 0 Å². The van der Waals surface area contributed by atoms with Crippen LogP contribution in [0.1, 0.15) is 24.1 Å². The molecule has 74 valence electrons. The van der Waals surface area contributed by atoms with Gasteiger partial charge in [-0.05, 0) is 25.5 Å². The van der Waals surface area contributed by atoms with Crippen LogP contribution in [-0.2, 0) is 0 Å². The van der Waals surface area contributed by atoms with Gasteiger partial charge in [0.05, 0.1) is 0 Å². The Morgan fingerprint density at radius 2 is 2.00 bits per heavy atom. The Bertz CT molecular complexity index is 302. The second kappa shape index (κ2) is 4.44. The monoisotopic (exact) mass is 205 g/mol. The van der Waals surface area contributed by atoms with Gasteiger partial charge in [0.25, 0.3) is 0 Å². The fraction of sp³-hybridized carbons (Fsp3) is 0.333. The van der Waals surface area contributed by atoms with Gasteiger partial charge >= 0.3 is 0 Å². The average Bonchev–Trinajstić information content (AvgIpc) is 1.96. The van der Waals surface area contributed by atoms with Crippen molar-refractivity contribution in [2.24, 2.45) is 5.73 Å². The second-order valence-corrected chi connectivity index (χ2v) is 2.97. The van der Waals surface area contributed by atoms with E-state index in [-0.39, 0.29) is 24.2 Å². The molecule has 0 aromatic heterocycles. The number of aryl methyl sites for hydroxylation is 1. The highest BCUT2D eigenvalue weighted by Gasteiger charge is 2.10. The maximum Gasteiger partial charge on any atom is 0.165 e. The van der Waals surface area contributed by atoms with E-state index < -0.39 is 5.82 Å². The lowest BCUT2D eigenvalue weighted by Crippen LogP contribution is -2.06. The summed E-state index contributed by atoms with van der Waals surface area (Å²) in [5.74, 6) is -0.946. The van der Waals surface area contributed by atoms with Crippen LogP contribution in [0.4, 0.5) is 4.39 Å². The number of aromatic hydroxyl groups is 1. The van der Waals surface area contributed by atoms with Crippen LogP contribution in [0.25, 0.3) is 0 Å². The first-order valence-corrected chi connectivity index (χ1v) is 3.77. The van der Waals surface area contributed by atoms with Gasteiger partial charge in [-0.15, -0.1) is 12.4 Å². The zero-order valence-electron chi connectivity index (χ0n) is 7.54. The highest BCUT2D eigenvalue weighted by atomic mass is 35.5. The minimum absolute atomic E-state index is 0. The average molecular weight is 206 g/mol. The summed E-state index contributed by atoms with van der Waals surface area (Å²) in [5.41, 5.74) is 6.74. The van der Waals surface area contributed by atoms with Crippen LogP contribution in [0, 0.1) is 12.7 Å². The summed E-state index contributed by atoms with van der Waals surface area (Å²) in [4.78, 5) is 0. The molecule has 3 N–H and O–H groups in total. The van der Waals surface area contributed by atoms with Crippen LogP contribution in [0.2, 0.25) is 0 Å². The summed E-state index contributed by atoms with van der Waals surface area (Å²) >= 11 is 0. The summed E-state index contributed by atoms with van der Waals surface area (Å²) in [6, 6.07) is 2.61. The van der Waals surface area contributed by atoms with Crippen molar-refractivity contribution in [1.82, 2.24) is 0 Å². The molecule has 0 saturated carbocycles. The number of hydrogen-bond donors (Lipinski definition) is 2. The van der Waals surface area contributed by atoms with E-state index in [0.717, 1.165) is 5.56 Å². The molecular weight excluding hydrogens is 193 g/mol. The first-order chi connectivity index (χ1) is 5.52. The van der Waals surface area contributed by atoms with Crippen LogP contribution in [0.3, 0.4) is 0 Å².